The van der Waals surface area contributed by atoms with Crippen molar-refractivity contribution in [1.82, 2.24) is 5.32 Å². The molecule has 21 heavy (non-hydrogen) atoms. The smallest absolute Gasteiger partial charge is 0.251 e. The Balaban J connectivity index is 3.20. The van der Waals surface area contributed by atoms with Gasteiger partial charge in [-0.1, -0.05) is 31.9 Å². The Morgan fingerprint density at radius 3 is 2.43 bits per heavy atom. The molecule has 0 spiro atoms. The predicted molar refractivity (Wildman–Crippen MR) is 83.9 cm³/mol. The lowest BCUT2D eigenvalue weighted by molar-refractivity contribution is 0.0927. The number of rotatable bonds is 5. The van der Waals surface area contributed by atoms with Crippen LogP contribution in [0.15, 0.2) is 17.0 Å². The highest BCUT2D eigenvalue weighted by atomic mass is 35.5. The summed E-state index contributed by atoms with van der Waals surface area (Å²) < 4.78 is 23.1. The van der Waals surface area contributed by atoms with Crippen molar-refractivity contribution >= 4 is 27.5 Å². The maximum absolute atomic E-state index is 12.3. The number of hydrogen-bond acceptors (Lipinski definition) is 3. The lowest BCUT2D eigenvalue weighted by Gasteiger charge is -2.21. The zero-order valence-electron chi connectivity index (χ0n) is 12.6. The van der Waals surface area contributed by atoms with Crippen molar-refractivity contribution in [1.29, 1.82) is 0 Å². The second kappa shape index (κ2) is 6.77. The van der Waals surface area contributed by atoms with Crippen LogP contribution >= 0.6 is 11.6 Å². The minimum Gasteiger partial charge on any atom is -0.349 e. The number of benzene rings is 1. The molecule has 1 rings (SSSR count). The molecule has 0 saturated carbocycles. The zero-order valence-corrected chi connectivity index (χ0v) is 14.2. The number of hydrogen-bond donors (Lipinski definition) is 2. The van der Waals surface area contributed by atoms with E-state index in [2.05, 4.69) is 5.32 Å². The fraction of sp³-hybridized carbons (Fsp3) is 0.500. The molecule has 1 aromatic rings. The summed E-state index contributed by atoms with van der Waals surface area (Å²) in [7, 11) is -3.93. The van der Waals surface area contributed by atoms with Gasteiger partial charge in [-0.15, -0.1) is 0 Å². The van der Waals surface area contributed by atoms with E-state index in [-0.39, 0.29) is 27.4 Å². The molecule has 1 amide bonds. The van der Waals surface area contributed by atoms with Crippen molar-refractivity contribution in [2.75, 3.05) is 0 Å². The van der Waals surface area contributed by atoms with Crippen LogP contribution in [-0.4, -0.2) is 20.4 Å². The van der Waals surface area contributed by atoms with Crippen LogP contribution in [0.25, 0.3) is 0 Å². The van der Waals surface area contributed by atoms with Gasteiger partial charge in [0.1, 0.15) is 0 Å². The Bertz CT molecular complexity index is 644. The van der Waals surface area contributed by atoms with Crippen molar-refractivity contribution in [3.8, 4) is 0 Å². The number of halogens is 1. The van der Waals surface area contributed by atoms with Gasteiger partial charge in [0.25, 0.3) is 5.91 Å². The molecule has 1 aromatic carbocycles. The quantitative estimate of drug-likeness (QED) is 0.867. The Morgan fingerprint density at radius 1 is 1.38 bits per heavy atom. The number of sulfonamides is 1. The Hall–Kier alpha value is -1.11. The third kappa shape index (κ3) is 4.43. The summed E-state index contributed by atoms with van der Waals surface area (Å²) in [6, 6.07) is 2.67. The molecule has 3 N–H and O–H groups in total. The van der Waals surface area contributed by atoms with Crippen LogP contribution in [0.3, 0.4) is 0 Å². The van der Waals surface area contributed by atoms with Crippen molar-refractivity contribution in [3.05, 3.63) is 28.3 Å². The van der Waals surface area contributed by atoms with E-state index >= 15 is 0 Å². The van der Waals surface area contributed by atoms with Gasteiger partial charge in [-0.25, -0.2) is 13.6 Å². The maximum atomic E-state index is 12.3. The summed E-state index contributed by atoms with van der Waals surface area (Å²) in [6.45, 7) is 7.52. The molecule has 5 nitrogen and oxygen atoms in total. The number of carbonyl (C=O) groups is 1. The number of primary sulfonamides is 1. The summed E-state index contributed by atoms with van der Waals surface area (Å²) in [5.41, 5.74) is 0.525. The van der Waals surface area contributed by atoms with Gasteiger partial charge in [0, 0.05) is 16.6 Å². The van der Waals surface area contributed by atoms with Crippen molar-refractivity contribution in [3.63, 3.8) is 0 Å². The average molecular weight is 333 g/mol. The van der Waals surface area contributed by atoms with Gasteiger partial charge in [0.05, 0.1) is 4.90 Å². The molecule has 0 radical (unpaired) electrons. The van der Waals surface area contributed by atoms with Crippen LogP contribution in [-0.2, 0) is 10.0 Å². The van der Waals surface area contributed by atoms with Gasteiger partial charge < -0.3 is 5.32 Å². The molecule has 2 atom stereocenters. The van der Waals surface area contributed by atoms with Crippen LogP contribution < -0.4 is 10.5 Å². The molecule has 2 unspecified atom stereocenters. The Kier molecular flexibility index (Phi) is 5.78. The van der Waals surface area contributed by atoms with Gasteiger partial charge in [0.15, 0.2) is 0 Å². The molecule has 0 heterocycles. The highest BCUT2D eigenvalue weighted by Crippen LogP contribution is 2.24. The first-order chi connectivity index (χ1) is 9.57. The second-order valence-electron chi connectivity index (χ2n) is 5.27. The fourth-order valence-corrected chi connectivity index (χ4v) is 3.08. The monoisotopic (exact) mass is 332 g/mol. The Labute approximate surface area is 130 Å². The first-order valence-corrected chi connectivity index (χ1v) is 8.64. The van der Waals surface area contributed by atoms with Gasteiger partial charge >= 0.3 is 0 Å². The molecule has 0 bridgehead atoms. The summed E-state index contributed by atoms with van der Waals surface area (Å²) in [6.07, 6.45) is 0.929. The van der Waals surface area contributed by atoms with E-state index in [4.69, 9.17) is 16.7 Å². The highest BCUT2D eigenvalue weighted by molar-refractivity contribution is 7.89. The van der Waals surface area contributed by atoms with Crippen molar-refractivity contribution in [2.24, 2.45) is 11.1 Å². The van der Waals surface area contributed by atoms with Crippen molar-refractivity contribution < 1.29 is 13.2 Å². The number of nitrogens with one attached hydrogen (secondary N) is 1. The Morgan fingerprint density at radius 2 is 1.95 bits per heavy atom. The maximum Gasteiger partial charge on any atom is 0.251 e. The van der Waals surface area contributed by atoms with Gasteiger partial charge in [-0.05, 0) is 37.5 Å². The molecule has 0 fully saturated rings. The van der Waals surface area contributed by atoms with Crippen LogP contribution in [0.2, 0.25) is 5.02 Å². The first kappa shape index (κ1) is 17.9. The minimum atomic E-state index is -3.93. The molecule has 0 saturated heterocycles. The minimum absolute atomic E-state index is 0.0289. The van der Waals surface area contributed by atoms with Crippen molar-refractivity contribution in [2.45, 2.75) is 45.1 Å². The van der Waals surface area contributed by atoms with Crippen LogP contribution in [0.4, 0.5) is 0 Å². The molecule has 0 aromatic heterocycles. The summed E-state index contributed by atoms with van der Waals surface area (Å²) >= 11 is 5.90. The SMILES string of the molecule is CCC(C)C(C)NC(=O)c1cc(Cl)cc(S(N)(=O)=O)c1C. The van der Waals surface area contributed by atoms with Gasteiger partial charge in [-0.2, -0.15) is 0 Å². The third-order valence-electron chi connectivity index (χ3n) is 3.73. The van der Waals surface area contributed by atoms with E-state index in [0.717, 1.165) is 6.42 Å². The molecule has 0 aliphatic heterocycles. The van der Waals surface area contributed by atoms with Gasteiger partial charge in [-0.3, -0.25) is 4.79 Å². The summed E-state index contributed by atoms with van der Waals surface area (Å²) in [5, 5.41) is 8.17. The average Bonchev–Trinajstić information content (AvgIpc) is 2.38. The lowest BCUT2D eigenvalue weighted by atomic mass is 10.00. The van der Waals surface area contributed by atoms with Crippen LogP contribution in [0.1, 0.15) is 43.1 Å². The molecule has 0 aliphatic rings. The molecular weight excluding hydrogens is 312 g/mol. The first-order valence-electron chi connectivity index (χ1n) is 6.71. The second-order valence-corrected chi connectivity index (χ2v) is 7.24. The number of amides is 1. The topological polar surface area (TPSA) is 89.3 Å². The third-order valence-corrected chi connectivity index (χ3v) is 4.99. The van der Waals surface area contributed by atoms with E-state index in [1.165, 1.54) is 12.1 Å². The number of nitrogens with two attached hydrogens (primary N) is 1. The van der Waals surface area contributed by atoms with E-state index in [0.29, 0.717) is 11.5 Å². The predicted octanol–water partition coefficient (Wildman–Crippen LogP) is 2.46. The zero-order chi connectivity index (χ0) is 16.4. The normalized spacial score (nSPS) is 14.6. The van der Waals surface area contributed by atoms with Gasteiger partial charge in [0.2, 0.25) is 10.0 Å². The fourth-order valence-electron chi connectivity index (χ4n) is 1.97. The van der Waals surface area contributed by atoms with E-state index in [1.54, 1.807) is 6.92 Å². The largest absolute Gasteiger partial charge is 0.349 e. The molecule has 118 valence electrons. The van der Waals surface area contributed by atoms with Crippen LogP contribution in [0.5, 0.6) is 0 Å². The standard InChI is InChI=1S/C14H21ClN2O3S/c1-5-8(2)10(4)17-14(18)12-6-11(15)7-13(9(12)3)21(16,19)20/h6-8,10H,5H2,1-4H3,(H,17,18)(H2,16,19,20). The lowest BCUT2D eigenvalue weighted by Crippen LogP contribution is -2.37. The summed E-state index contributed by atoms with van der Waals surface area (Å²) in [5.74, 6) is -0.0427. The van der Waals surface area contributed by atoms with E-state index in [9.17, 15) is 13.2 Å². The summed E-state index contributed by atoms with van der Waals surface area (Å²) in [4.78, 5) is 12.2. The van der Waals surface area contributed by atoms with E-state index < -0.39 is 10.0 Å². The van der Waals surface area contributed by atoms with E-state index in [1.807, 2.05) is 20.8 Å². The molecule has 7 heteroatoms. The van der Waals surface area contributed by atoms with Crippen LogP contribution in [0, 0.1) is 12.8 Å². The highest BCUT2D eigenvalue weighted by Gasteiger charge is 2.21. The molecule has 0 aliphatic carbocycles. The number of carbonyl (C=O) groups excluding carboxylic acids is 1. The molecular formula is C14H21ClN2O3S.